The van der Waals surface area contributed by atoms with Crippen molar-refractivity contribution in [2.45, 2.75) is 18.8 Å². The van der Waals surface area contributed by atoms with Gasteiger partial charge in [-0.2, -0.15) is 0 Å². The lowest BCUT2D eigenvalue weighted by molar-refractivity contribution is 0.102. The molecule has 92 valence electrons. The predicted octanol–water partition coefficient (Wildman–Crippen LogP) is 0.888. The zero-order valence-electron chi connectivity index (χ0n) is 9.34. The van der Waals surface area contributed by atoms with Crippen molar-refractivity contribution in [2.75, 3.05) is 5.32 Å². The molecule has 7 nitrogen and oxygen atoms in total. The summed E-state index contributed by atoms with van der Waals surface area (Å²) in [6.07, 6.45) is 3.43. The van der Waals surface area contributed by atoms with Crippen molar-refractivity contribution in [3.8, 4) is 0 Å². The van der Waals surface area contributed by atoms with Crippen LogP contribution >= 0.6 is 0 Å². The minimum atomic E-state index is -0.405. The number of aromatic amines is 1. The summed E-state index contributed by atoms with van der Waals surface area (Å²) in [5.74, 6) is 0.500. The zero-order valence-corrected chi connectivity index (χ0v) is 9.34. The maximum Gasteiger partial charge on any atom is 0.322 e. The summed E-state index contributed by atoms with van der Waals surface area (Å²) in [5.41, 5.74) is 0.0566. The van der Waals surface area contributed by atoms with E-state index < -0.39 is 5.91 Å². The van der Waals surface area contributed by atoms with Gasteiger partial charge in [-0.25, -0.2) is 0 Å². The van der Waals surface area contributed by atoms with Crippen LogP contribution < -0.4 is 10.9 Å². The van der Waals surface area contributed by atoms with E-state index in [0.717, 1.165) is 12.8 Å². The third kappa shape index (κ3) is 2.15. The number of pyridine rings is 1. The van der Waals surface area contributed by atoms with E-state index >= 15 is 0 Å². The van der Waals surface area contributed by atoms with Crippen LogP contribution in [0.3, 0.4) is 0 Å². The average Bonchev–Trinajstić information content (AvgIpc) is 3.11. The fourth-order valence-electron chi connectivity index (χ4n) is 1.50. The Morgan fingerprint density at radius 3 is 2.89 bits per heavy atom. The molecular formula is C11H10N4O3. The smallest absolute Gasteiger partial charge is 0.322 e. The fourth-order valence-corrected chi connectivity index (χ4v) is 1.50. The van der Waals surface area contributed by atoms with Gasteiger partial charge >= 0.3 is 6.01 Å². The third-order valence-corrected chi connectivity index (χ3v) is 2.63. The fraction of sp³-hybridized carbons (Fsp3) is 0.273. The van der Waals surface area contributed by atoms with Crippen LogP contribution in [-0.4, -0.2) is 21.1 Å². The van der Waals surface area contributed by atoms with Crippen LogP contribution in [0.4, 0.5) is 6.01 Å². The summed E-state index contributed by atoms with van der Waals surface area (Å²) < 4.78 is 5.30. The van der Waals surface area contributed by atoms with E-state index in [1.54, 1.807) is 0 Å². The zero-order chi connectivity index (χ0) is 12.5. The summed E-state index contributed by atoms with van der Waals surface area (Å²) in [6, 6.07) is 2.78. The van der Waals surface area contributed by atoms with Crippen molar-refractivity contribution in [3.63, 3.8) is 0 Å². The molecule has 1 fully saturated rings. The molecule has 1 saturated carbocycles. The van der Waals surface area contributed by atoms with Crippen LogP contribution in [0, 0.1) is 0 Å². The van der Waals surface area contributed by atoms with E-state index in [4.69, 9.17) is 4.42 Å². The van der Waals surface area contributed by atoms with Crippen LogP contribution in [0.25, 0.3) is 0 Å². The number of amides is 1. The summed E-state index contributed by atoms with van der Waals surface area (Å²) in [7, 11) is 0. The number of aromatic nitrogens is 3. The molecule has 2 aromatic heterocycles. The highest BCUT2D eigenvalue weighted by atomic mass is 16.4. The number of H-pyrrole nitrogens is 1. The molecule has 0 atom stereocenters. The Labute approximate surface area is 101 Å². The van der Waals surface area contributed by atoms with Crippen molar-refractivity contribution in [1.82, 2.24) is 15.2 Å². The predicted molar refractivity (Wildman–Crippen MR) is 61.3 cm³/mol. The van der Waals surface area contributed by atoms with Gasteiger partial charge < -0.3 is 9.40 Å². The van der Waals surface area contributed by atoms with E-state index in [2.05, 4.69) is 20.5 Å². The lowest BCUT2D eigenvalue weighted by atomic mass is 10.3. The number of carbonyl (C=O) groups is 1. The van der Waals surface area contributed by atoms with Gasteiger partial charge in [0, 0.05) is 18.2 Å². The average molecular weight is 246 g/mol. The SMILES string of the molecule is O=C(Nc1nnc(C2CC2)o1)c1ccc(=O)[nH]c1. The molecule has 18 heavy (non-hydrogen) atoms. The molecule has 1 aliphatic rings. The summed E-state index contributed by atoms with van der Waals surface area (Å²) in [6.45, 7) is 0. The molecular weight excluding hydrogens is 236 g/mol. The Kier molecular flexibility index (Phi) is 2.44. The number of hydrogen-bond donors (Lipinski definition) is 2. The number of nitrogens with zero attached hydrogens (tertiary/aromatic N) is 2. The first-order valence-electron chi connectivity index (χ1n) is 5.56. The highest BCUT2D eigenvalue weighted by molar-refractivity contribution is 6.02. The highest BCUT2D eigenvalue weighted by Gasteiger charge is 2.29. The van der Waals surface area contributed by atoms with Crippen molar-refractivity contribution in [1.29, 1.82) is 0 Å². The van der Waals surface area contributed by atoms with Crippen LogP contribution in [0.1, 0.15) is 35.0 Å². The molecule has 0 bridgehead atoms. The monoisotopic (exact) mass is 246 g/mol. The number of carbonyl (C=O) groups excluding carboxylic acids is 1. The molecule has 0 unspecified atom stereocenters. The first kappa shape index (κ1) is 10.7. The topological polar surface area (TPSA) is 101 Å². The normalized spacial score (nSPS) is 14.4. The Morgan fingerprint density at radius 2 is 2.22 bits per heavy atom. The number of anilines is 1. The van der Waals surface area contributed by atoms with Gasteiger partial charge in [-0.1, -0.05) is 5.10 Å². The van der Waals surface area contributed by atoms with E-state index in [1.807, 2.05) is 0 Å². The second-order valence-corrected chi connectivity index (χ2v) is 4.12. The second kappa shape index (κ2) is 4.10. The number of hydrogen-bond acceptors (Lipinski definition) is 5. The lowest BCUT2D eigenvalue weighted by Gasteiger charge is -1.98. The molecule has 2 heterocycles. The minimum Gasteiger partial charge on any atom is -0.408 e. The minimum absolute atomic E-state index is 0.0769. The Hall–Kier alpha value is -2.44. The first-order chi connectivity index (χ1) is 8.72. The molecule has 0 spiro atoms. The molecule has 1 aliphatic carbocycles. The van der Waals surface area contributed by atoms with Gasteiger partial charge in [-0.05, 0) is 18.9 Å². The molecule has 3 rings (SSSR count). The van der Waals surface area contributed by atoms with Crippen LogP contribution in [0.15, 0.2) is 27.5 Å². The van der Waals surface area contributed by atoms with Gasteiger partial charge in [0.2, 0.25) is 11.4 Å². The standard InChI is InChI=1S/C11H10N4O3/c16-8-4-3-7(5-12-8)9(17)13-11-15-14-10(18-11)6-1-2-6/h3-6H,1-2H2,(H,12,16)(H,13,15,17). The second-order valence-electron chi connectivity index (χ2n) is 4.12. The highest BCUT2D eigenvalue weighted by Crippen LogP contribution is 2.39. The summed E-state index contributed by atoms with van der Waals surface area (Å²) >= 11 is 0. The molecule has 0 aliphatic heterocycles. The molecule has 0 aromatic carbocycles. The van der Waals surface area contributed by atoms with E-state index in [9.17, 15) is 9.59 Å². The third-order valence-electron chi connectivity index (χ3n) is 2.63. The van der Waals surface area contributed by atoms with E-state index in [1.165, 1.54) is 18.3 Å². The van der Waals surface area contributed by atoms with Gasteiger partial charge in [0.1, 0.15) is 0 Å². The summed E-state index contributed by atoms with van der Waals surface area (Å²) in [5, 5.41) is 10.1. The van der Waals surface area contributed by atoms with Crippen LogP contribution in [0.2, 0.25) is 0 Å². The van der Waals surface area contributed by atoms with Gasteiger partial charge in [0.15, 0.2) is 0 Å². The molecule has 2 N–H and O–H groups in total. The van der Waals surface area contributed by atoms with Crippen LogP contribution in [0.5, 0.6) is 0 Å². The van der Waals surface area contributed by atoms with Crippen molar-refractivity contribution in [2.24, 2.45) is 0 Å². The summed E-state index contributed by atoms with van der Waals surface area (Å²) in [4.78, 5) is 25.0. The first-order valence-corrected chi connectivity index (χ1v) is 5.56. The molecule has 0 saturated heterocycles. The largest absolute Gasteiger partial charge is 0.408 e. The van der Waals surface area contributed by atoms with Crippen molar-refractivity contribution in [3.05, 3.63) is 40.1 Å². The van der Waals surface area contributed by atoms with Crippen LogP contribution in [-0.2, 0) is 0 Å². The van der Waals surface area contributed by atoms with Crippen molar-refractivity contribution >= 4 is 11.9 Å². The molecule has 7 heteroatoms. The maximum absolute atomic E-state index is 11.8. The molecule has 0 radical (unpaired) electrons. The molecule has 2 aromatic rings. The number of nitrogens with one attached hydrogen (secondary N) is 2. The van der Waals surface area contributed by atoms with Crippen molar-refractivity contribution < 1.29 is 9.21 Å². The Balaban J connectivity index is 1.72. The van der Waals surface area contributed by atoms with Gasteiger partial charge in [0.25, 0.3) is 5.91 Å². The Morgan fingerprint density at radius 1 is 1.39 bits per heavy atom. The quantitative estimate of drug-likeness (QED) is 0.837. The number of rotatable bonds is 3. The molecule has 1 amide bonds. The van der Waals surface area contributed by atoms with E-state index in [0.29, 0.717) is 17.4 Å². The van der Waals surface area contributed by atoms with Gasteiger partial charge in [0.05, 0.1) is 5.56 Å². The van der Waals surface area contributed by atoms with Gasteiger partial charge in [-0.3, -0.25) is 14.9 Å². The maximum atomic E-state index is 11.8. The van der Waals surface area contributed by atoms with Gasteiger partial charge in [-0.15, -0.1) is 5.10 Å². The Bertz CT molecular complexity index is 621. The lowest BCUT2D eigenvalue weighted by Crippen LogP contribution is -2.14. The van der Waals surface area contributed by atoms with E-state index in [-0.39, 0.29) is 11.6 Å².